The van der Waals surface area contributed by atoms with Gasteiger partial charge in [0.2, 0.25) is 0 Å². The molecule has 0 aliphatic carbocycles. The van der Waals surface area contributed by atoms with Crippen molar-refractivity contribution in [1.29, 1.82) is 0 Å². The monoisotopic (exact) mass is 276 g/mol. The summed E-state index contributed by atoms with van der Waals surface area (Å²) in [6, 6.07) is 1.46. The molecule has 1 aromatic rings. The maximum Gasteiger partial charge on any atom is 0.325 e. The third kappa shape index (κ3) is 1.67. The van der Waals surface area contributed by atoms with Crippen molar-refractivity contribution < 1.29 is 9.59 Å². The van der Waals surface area contributed by atoms with E-state index < -0.39 is 5.54 Å². The summed E-state index contributed by atoms with van der Waals surface area (Å²) < 4.78 is 1.90. The highest BCUT2D eigenvalue weighted by molar-refractivity contribution is 6.07. The Balaban J connectivity index is 1.96. The van der Waals surface area contributed by atoms with Gasteiger partial charge in [-0.2, -0.15) is 5.10 Å². The van der Waals surface area contributed by atoms with E-state index in [9.17, 15) is 9.59 Å². The first-order valence-corrected chi connectivity index (χ1v) is 7.30. The van der Waals surface area contributed by atoms with Crippen LogP contribution in [0.3, 0.4) is 0 Å². The van der Waals surface area contributed by atoms with Crippen molar-refractivity contribution in [1.82, 2.24) is 20.0 Å². The van der Waals surface area contributed by atoms with E-state index in [1.165, 1.54) is 4.90 Å². The lowest BCUT2D eigenvalue weighted by Crippen LogP contribution is -2.46. The van der Waals surface area contributed by atoms with Gasteiger partial charge in [-0.05, 0) is 31.7 Å². The molecule has 3 amide bonds. The van der Waals surface area contributed by atoms with Gasteiger partial charge in [-0.25, -0.2) is 4.79 Å². The standard InChI is InChI=1S/C14H20N4O2/c1-3-14(4-2)12(19)18(13(20)16-14)11-6-5-9-17-10(11)7-8-15-17/h7-8,11H,3-6,9H2,1-2H3,(H,16,20). The Morgan fingerprint density at radius 1 is 1.40 bits per heavy atom. The van der Waals surface area contributed by atoms with Gasteiger partial charge >= 0.3 is 6.03 Å². The number of imide groups is 1. The zero-order chi connectivity index (χ0) is 14.3. The first-order chi connectivity index (χ1) is 9.63. The first kappa shape index (κ1) is 13.1. The number of carbonyl (C=O) groups is 2. The molecule has 2 aliphatic rings. The van der Waals surface area contributed by atoms with Gasteiger partial charge in [-0.1, -0.05) is 13.8 Å². The molecule has 1 unspecified atom stereocenters. The quantitative estimate of drug-likeness (QED) is 0.856. The van der Waals surface area contributed by atoms with Gasteiger partial charge in [0.1, 0.15) is 5.54 Å². The van der Waals surface area contributed by atoms with Gasteiger partial charge in [0.15, 0.2) is 0 Å². The number of urea groups is 1. The molecule has 20 heavy (non-hydrogen) atoms. The van der Waals surface area contributed by atoms with E-state index in [1.807, 2.05) is 24.6 Å². The van der Waals surface area contributed by atoms with Crippen molar-refractivity contribution in [2.75, 3.05) is 0 Å². The van der Waals surface area contributed by atoms with Crippen LogP contribution in [0.1, 0.15) is 51.3 Å². The van der Waals surface area contributed by atoms with Gasteiger partial charge in [0.25, 0.3) is 5.91 Å². The van der Waals surface area contributed by atoms with Crippen LogP contribution in [-0.2, 0) is 11.3 Å². The fourth-order valence-electron chi connectivity index (χ4n) is 3.31. The summed E-state index contributed by atoms with van der Waals surface area (Å²) in [6.07, 6.45) is 4.72. The molecule has 6 heteroatoms. The molecule has 0 aromatic carbocycles. The van der Waals surface area contributed by atoms with Crippen molar-refractivity contribution in [2.24, 2.45) is 0 Å². The number of fused-ring (bicyclic) bond motifs is 1. The third-order valence-corrected chi connectivity index (χ3v) is 4.65. The number of carbonyl (C=O) groups excluding carboxylic acids is 2. The smallest absolute Gasteiger partial charge is 0.323 e. The lowest BCUT2D eigenvalue weighted by atomic mass is 9.92. The largest absolute Gasteiger partial charge is 0.325 e. The van der Waals surface area contributed by atoms with Gasteiger partial charge < -0.3 is 5.32 Å². The Kier molecular flexibility index (Phi) is 3.03. The topological polar surface area (TPSA) is 67.2 Å². The van der Waals surface area contributed by atoms with Crippen LogP contribution >= 0.6 is 0 Å². The molecule has 0 saturated carbocycles. The Hall–Kier alpha value is -1.85. The van der Waals surface area contributed by atoms with Crippen LogP contribution in [0.5, 0.6) is 0 Å². The lowest BCUT2D eigenvalue weighted by Gasteiger charge is -2.31. The number of hydrogen-bond donors (Lipinski definition) is 1. The summed E-state index contributed by atoms with van der Waals surface area (Å²) >= 11 is 0. The zero-order valence-electron chi connectivity index (χ0n) is 11.9. The molecule has 1 aromatic heterocycles. The van der Waals surface area contributed by atoms with Crippen LogP contribution in [-0.4, -0.2) is 32.2 Å². The molecule has 0 spiro atoms. The molecule has 3 rings (SSSR count). The number of nitrogens with zero attached hydrogens (tertiary/aromatic N) is 3. The second-order valence-corrected chi connectivity index (χ2v) is 5.53. The Morgan fingerprint density at radius 3 is 2.80 bits per heavy atom. The molecule has 6 nitrogen and oxygen atoms in total. The second-order valence-electron chi connectivity index (χ2n) is 5.53. The normalized spacial score (nSPS) is 24.7. The maximum absolute atomic E-state index is 12.7. The molecule has 1 N–H and O–H groups in total. The van der Waals surface area contributed by atoms with E-state index in [1.54, 1.807) is 6.20 Å². The van der Waals surface area contributed by atoms with Crippen molar-refractivity contribution in [3.8, 4) is 0 Å². The molecule has 0 radical (unpaired) electrons. The average Bonchev–Trinajstić information content (AvgIpc) is 3.02. The number of amides is 3. The van der Waals surface area contributed by atoms with Crippen LogP contribution in [0.4, 0.5) is 4.79 Å². The van der Waals surface area contributed by atoms with E-state index in [-0.39, 0.29) is 18.0 Å². The number of nitrogens with one attached hydrogen (secondary N) is 1. The fourth-order valence-corrected chi connectivity index (χ4v) is 3.31. The predicted molar refractivity (Wildman–Crippen MR) is 72.9 cm³/mol. The Labute approximate surface area is 118 Å². The van der Waals surface area contributed by atoms with E-state index in [4.69, 9.17) is 0 Å². The molecule has 3 heterocycles. The van der Waals surface area contributed by atoms with Crippen molar-refractivity contribution in [3.63, 3.8) is 0 Å². The maximum atomic E-state index is 12.7. The highest BCUT2D eigenvalue weighted by atomic mass is 16.2. The summed E-state index contributed by atoms with van der Waals surface area (Å²) in [5.74, 6) is -0.0906. The zero-order valence-corrected chi connectivity index (χ0v) is 11.9. The third-order valence-electron chi connectivity index (χ3n) is 4.65. The summed E-state index contributed by atoms with van der Waals surface area (Å²) in [5, 5.41) is 7.15. The predicted octanol–water partition coefficient (Wildman–Crippen LogP) is 1.83. The second kappa shape index (κ2) is 4.61. The summed E-state index contributed by atoms with van der Waals surface area (Å²) in [5.41, 5.74) is 0.238. The molecular weight excluding hydrogens is 256 g/mol. The van der Waals surface area contributed by atoms with E-state index in [2.05, 4.69) is 10.4 Å². The van der Waals surface area contributed by atoms with Crippen LogP contribution in [0.2, 0.25) is 0 Å². The molecule has 0 bridgehead atoms. The minimum Gasteiger partial charge on any atom is -0.323 e. The van der Waals surface area contributed by atoms with Gasteiger partial charge in [-0.15, -0.1) is 0 Å². The lowest BCUT2D eigenvalue weighted by molar-refractivity contribution is -0.133. The Bertz CT molecular complexity index is 547. The van der Waals surface area contributed by atoms with Crippen LogP contribution in [0.15, 0.2) is 12.3 Å². The van der Waals surface area contributed by atoms with E-state index >= 15 is 0 Å². The highest BCUT2D eigenvalue weighted by Crippen LogP contribution is 2.36. The van der Waals surface area contributed by atoms with Crippen molar-refractivity contribution in [2.45, 2.75) is 57.7 Å². The summed E-state index contributed by atoms with van der Waals surface area (Å²) in [7, 11) is 0. The summed E-state index contributed by atoms with van der Waals surface area (Å²) in [6.45, 7) is 4.74. The fraction of sp³-hybridized carbons (Fsp3) is 0.643. The number of rotatable bonds is 3. The molecule has 1 atom stereocenters. The van der Waals surface area contributed by atoms with Crippen molar-refractivity contribution >= 4 is 11.9 Å². The first-order valence-electron chi connectivity index (χ1n) is 7.30. The highest BCUT2D eigenvalue weighted by Gasteiger charge is 2.51. The van der Waals surface area contributed by atoms with Crippen LogP contribution < -0.4 is 5.32 Å². The van der Waals surface area contributed by atoms with Gasteiger partial charge in [0, 0.05) is 12.7 Å². The van der Waals surface area contributed by atoms with Crippen molar-refractivity contribution in [3.05, 3.63) is 18.0 Å². The minimum atomic E-state index is -0.723. The van der Waals surface area contributed by atoms with E-state index in [0.29, 0.717) is 12.8 Å². The molecule has 1 fully saturated rings. The Morgan fingerprint density at radius 2 is 2.15 bits per heavy atom. The van der Waals surface area contributed by atoms with Crippen LogP contribution in [0.25, 0.3) is 0 Å². The minimum absolute atomic E-state index is 0.0906. The number of aryl methyl sites for hydroxylation is 1. The molecule has 2 aliphatic heterocycles. The summed E-state index contributed by atoms with van der Waals surface area (Å²) in [4.78, 5) is 26.5. The van der Waals surface area contributed by atoms with Gasteiger partial charge in [0.05, 0.1) is 11.7 Å². The number of hydrogen-bond acceptors (Lipinski definition) is 3. The van der Waals surface area contributed by atoms with Gasteiger partial charge in [-0.3, -0.25) is 14.4 Å². The SMILES string of the molecule is CCC1(CC)NC(=O)N(C2CCCn3nccc32)C1=O. The molecule has 1 saturated heterocycles. The van der Waals surface area contributed by atoms with E-state index in [0.717, 1.165) is 25.1 Å². The van der Waals surface area contributed by atoms with Crippen LogP contribution in [0, 0.1) is 0 Å². The number of aromatic nitrogens is 2. The average molecular weight is 276 g/mol. The molecular formula is C14H20N4O2. The molecule has 108 valence electrons.